The van der Waals surface area contributed by atoms with Crippen LogP contribution in [0.4, 0.5) is 23.2 Å². The number of nitrogens with zero attached hydrogens (tertiary/aromatic N) is 1. The summed E-state index contributed by atoms with van der Waals surface area (Å²) in [5, 5.41) is 3.26. The molecule has 2 atom stereocenters. The highest BCUT2D eigenvalue weighted by Gasteiger charge is 2.42. The number of hydrogen-bond acceptors (Lipinski definition) is 3. The van der Waals surface area contributed by atoms with E-state index in [0.717, 1.165) is 23.2 Å². The molecule has 1 fully saturated rings. The van der Waals surface area contributed by atoms with Crippen molar-refractivity contribution in [3.8, 4) is 0 Å². The van der Waals surface area contributed by atoms with Gasteiger partial charge in [-0.25, -0.2) is 10.2 Å². The Labute approximate surface area is 158 Å². The minimum absolute atomic E-state index is 0.0967. The second kappa shape index (κ2) is 7.59. The van der Waals surface area contributed by atoms with E-state index in [4.69, 9.17) is 5.84 Å². The molecule has 9 heteroatoms. The van der Waals surface area contributed by atoms with Crippen LogP contribution in [0.1, 0.15) is 23.5 Å². The number of nitrogens with one attached hydrogen (secondary N) is 1. The first-order valence-electron chi connectivity index (χ1n) is 8.47. The highest BCUT2D eigenvalue weighted by atomic mass is 19.4. The molecule has 2 amide bonds. The molecule has 0 bridgehead atoms. The summed E-state index contributed by atoms with van der Waals surface area (Å²) in [6.45, 7) is 0.147. The Bertz CT molecular complexity index is 883. The molecular formula is C19H17F4N3O2. The van der Waals surface area contributed by atoms with Gasteiger partial charge in [-0.15, -0.1) is 0 Å². The zero-order chi connectivity index (χ0) is 20.5. The maximum Gasteiger partial charge on any atom is 0.416 e. The van der Waals surface area contributed by atoms with E-state index < -0.39 is 41.2 Å². The van der Waals surface area contributed by atoms with Crippen LogP contribution in [0.2, 0.25) is 0 Å². The summed E-state index contributed by atoms with van der Waals surface area (Å²) in [6, 6.07) is 9.76. The van der Waals surface area contributed by atoms with E-state index in [2.05, 4.69) is 5.32 Å². The third-order valence-electron chi connectivity index (χ3n) is 4.71. The second-order valence-corrected chi connectivity index (χ2v) is 6.49. The predicted octanol–water partition coefficient (Wildman–Crippen LogP) is 3.29. The molecular weight excluding hydrogens is 378 g/mol. The summed E-state index contributed by atoms with van der Waals surface area (Å²) in [5.74, 6) is 1.55. The van der Waals surface area contributed by atoms with Crippen molar-refractivity contribution in [1.82, 2.24) is 5.01 Å². The van der Waals surface area contributed by atoms with Gasteiger partial charge in [0.2, 0.25) is 11.8 Å². The minimum atomic E-state index is -4.49. The van der Waals surface area contributed by atoms with Gasteiger partial charge in [0.1, 0.15) is 11.7 Å². The largest absolute Gasteiger partial charge is 0.416 e. The van der Waals surface area contributed by atoms with Crippen molar-refractivity contribution in [2.75, 3.05) is 11.9 Å². The fraction of sp³-hybridized carbons (Fsp3) is 0.263. The minimum Gasteiger partial charge on any atom is -0.323 e. The quantitative estimate of drug-likeness (QED) is 0.363. The first kappa shape index (κ1) is 19.8. The molecule has 0 spiro atoms. The topological polar surface area (TPSA) is 75.4 Å². The van der Waals surface area contributed by atoms with Gasteiger partial charge in [-0.2, -0.15) is 13.2 Å². The number of halogens is 4. The van der Waals surface area contributed by atoms with Crippen LogP contribution in [0.5, 0.6) is 0 Å². The van der Waals surface area contributed by atoms with Crippen molar-refractivity contribution in [2.45, 2.75) is 18.5 Å². The molecule has 148 valence electrons. The molecule has 1 aliphatic heterocycles. The van der Waals surface area contributed by atoms with Crippen LogP contribution in [0.15, 0.2) is 48.5 Å². The van der Waals surface area contributed by atoms with E-state index in [-0.39, 0.29) is 18.7 Å². The number of anilines is 1. The van der Waals surface area contributed by atoms with E-state index in [9.17, 15) is 27.2 Å². The number of carbonyl (C=O) groups is 2. The van der Waals surface area contributed by atoms with Gasteiger partial charge in [-0.05, 0) is 36.2 Å². The molecule has 28 heavy (non-hydrogen) atoms. The Balaban J connectivity index is 1.89. The Morgan fingerprint density at radius 2 is 1.75 bits per heavy atom. The first-order valence-corrected chi connectivity index (χ1v) is 8.47. The molecule has 1 saturated heterocycles. The molecule has 2 unspecified atom stereocenters. The smallest absolute Gasteiger partial charge is 0.323 e. The highest BCUT2D eigenvalue weighted by Crippen LogP contribution is 2.36. The van der Waals surface area contributed by atoms with Gasteiger partial charge in [0, 0.05) is 12.5 Å². The van der Waals surface area contributed by atoms with Gasteiger partial charge in [-0.1, -0.05) is 24.3 Å². The van der Waals surface area contributed by atoms with Crippen molar-refractivity contribution >= 4 is 17.5 Å². The summed E-state index contributed by atoms with van der Waals surface area (Å²) in [7, 11) is 0. The number of amides is 2. The van der Waals surface area contributed by atoms with E-state index >= 15 is 0 Å². The lowest BCUT2D eigenvalue weighted by Crippen LogP contribution is -2.52. The van der Waals surface area contributed by atoms with Crippen molar-refractivity contribution < 1.29 is 27.2 Å². The average molecular weight is 395 g/mol. The number of benzene rings is 2. The average Bonchev–Trinajstić information content (AvgIpc) is 2.65. The standard InChI is InChI=1S/C19H17F4N3O2/c20-14-3-1-2-4-15(14)25-17(27)16-13(9-10-26(24)18(16)28)11-5-7-12(8-6-11)19(21,22)23/h1-8,13,16H,9-10,24H2,(H,25,27). The lowest BCUT2D eigenvalue weighted by molar-refractivity contribution is -0.145. The summed E-state index contributed by atoms with van der Waals surface area (Å²) in [5.41, 5.74) is -0.519. The van der Waals surface area contributed by atoms with Crippen LogP contribution in [-0.4, -0.2) is 23.4 Å². The number of carbonyl (C=O) groups excluding carboxylic acids is 2. The molecule has 0 saturated carbocycles. The molecule has 0 radical (unpaired) electrons. The Morgan fingerprint density at radius 3 is 2.36 bits per heavy atom. The van der Waals surface area contributed by atoms with Gasteiger partial charge in [0.05, 0.1) is 11.3 Å². The molecule has 1 heterocycles. The zero-order valence-corrected chi connectivity index (χ0v) is 14.5. The molecule has 0 aromatic heterocycles. The van der Waals surface area contributed by atoms with Gasteiger partial charge in [0.25, 0.3) is 0 Å². The molecule has 5 nitrogen and oxygen atoms in total. The van der Waals surface area contributed by atoms with Gasteiger partial charge < -0.3 is 5.32 Å². The van der Waals surface area contributed by atoms with Crippen molar-refractivity contribution in [3.05, 3.63) is 65.5 Å². The van der Waals surface area contributed by atoms with Crippen LogP contribution in [0, 0.1) is 11.7 Å². The lowest BCUT2D eigenvalue weighted by Gasteiger charge is -2.35. The number of nitrogens with two attached hydrogens (primary N) is 1. The molecule has 0 aliphatic carbocycles. The van der Waals surface area contributed by atoms with Crippen LogP contribution in [0.3, 0.4) is 0 Å². The number of piperidine rings is 1. The lowest BCUT2D eigenvalue weighted by atomic mass is 9.79. The monoisotopic (exact) mass is 395 g/mol. The maximum atomic E-state index is 13.8. The SMILES string of the molecule is NN1CCC(c2ccc(C(F)(F)F)cc2)C(C(=O)Nc2ccccc2F)C1=O. The third-order valence-corrected chi connectivity index (χ3v) is 4.71. The van der Waals surface area contributed by atoms with Gasteiger partial charge in [0.15, 0.2) is 0 Å². The van der Waals surface area contributed by atoms with Crippen LogP contribution in [0.25, 0.3) is 0 Å². The van der Waals surface area contributed by atoms with Crippen molar-refractivity contribution in [3.63, 3.8) is 0 Å². The summed E-state index contributed by atoms with van der Waals surface area (Å²) in [4.78, 5) is 25.2. The number of alkyl halides is 3. The Morgan fingerprint density at radius 1 is 1.11 bits per heavy atom. The number of hydrazine groups is 1. The highest BCUT2D eigenvalue weighted by molar-refractivity contribution is 6.07. The van der Waals surface area contributed by atoms with Crippen LogP contribution >= 0.6 is 0 Å². The summed E-state index contributed by atoms with van der Waals surface area (Å²) in [6.07, 6.45) is -4.21. The molecule has 3 rings (SSSR count). The Kier molecular flexibility index (Phi) is 5.37. The van der Waals surface area contributed by atoms with E-state index in [0.29, 0.717) is 5.56 Å². The Hall–Kier alpha value is -2.94. The predicted molar refractivity (Wildman–Crippen MR) is 93.2 cm³/mol. The second-order valence-electron chi connectivity index (χ2n) is 6.49. The third kappa shape index (κ3) is 3.99. The van der Waals surface area contributed by atoms with E-state index in [1.807, 2.05) is 0 Å². The summed E-state index contributed by atoms with van der Waals surface area (Å²) >= 11 is 0. The number of rotatable bonds is 3. The fourth-order valence-corrected chi connectivity index (χ4v) is 3.25. The van der Waals surface area contributed by atoms with Gasteiger partial charge >= 0.3 is 6.18 Å². The van der Waals surface area contributed by atoms with E-state index in [1.165, 1.54) is 30.3 Å². The van der Waals surface area contributed by atoms with Crippen molar-refractivity contribution in [2.24, 2.45) is 11.8 Å². The molecule has 1 aliphatic rings. The van der Waals surface area contributed by atoms with Gasteiger partial charge in [-0.3, -0.25) is 14.6 Å². The summed E-state index contributed by atoms with van der Waals surface area (Å²) < 4.78 is 52.2. The zero-order valence-electron chi connectivity index (χ0n) is 14.5. The maximum absolute atomic E-state index is 13.8. The molecule has 3 N–H and O–H groups in total. The normalized spacial score (nSPS) is 20.2. The molecule has 2 aromatic rings. The van der Waals surface area contributed by atoms with Crippen molar-refractivity contribution in [1.29, 1.82) is 0 Å². The van der Waals surface area contributed by atoms with E-state index in [1.54, 1.807) is 0 Å². The molecule has 2 aromatic carbocycles. The number of para-hydroxylation sites is 1. The fourth-order valence-electron chi connectivity index (χ4n) is 3.25. The van der Waals surface area contributed by atoms with Crippen LogP contribution in [-0.2, 0) is 15.8 Å². The number of hydrogen-bond donors (Lipinski definition) is 2. The van der Waals surface area contributed by atoms with Crippen LogP contribution < -0.4 is 11.2 Å². The first-order chi connectivity index (χ1) is 13.2.